The molecular formula is C14H26N2O3. The molecular weight excluding hydrogens is 244 g/mol. The topological polar surface area (TPSA) is 69.6 Å². The first-order valence-corrected chi connectivity index (χ1v) is 6.75. The third-order valence-electron chi connectivity index (χ3n) is 3.59. The van der Waals surface area contributed by atoms with Gasteiger partial charge >= 0.3 is 0 Å². The van der Waals surface area contributed by atoms with Gasteiger partial charge in [-0.15, -0.1) is 0 Å². The highest BCUT2D eigenvalue weighted by Crippen LogP contribution is 2.27. The molecule has 0 aromatic carbocycles. The minimum atomic E-state index is -0.755. The first-order valence-electron chi connectivity index (χ1n) is 6.75. The molecule has 0 spiro atoms. The highest BCUT2D eigenvalue weighted by atomic mass is 16.3. The van der Waals surface area contributed by atoms with Crippen LogP contribution in [-0.2, 0) is 9.59 Å². The minimum absolute atomic E-state index is 0.0851. The van der Waals surface area contributed by atoms with Crippen LogP contribution in [0.1, 0.15) is 41.5 Å². The molecule has 19 heavy (non-hydrogen) atoms. The fraction of sp³-hybridized carbons (Fsp3) is 0.857. The normalized spacial score (nSPS) is 18.8. The number of rotatable bonds is 3. The van der Waals surface area contributed by atoms with Gasteiger partial charge in [0.25, 0.3) is 0 Å². The van der Waals surface area contributed by atoms with E-state index in [0.717, 1.165) is 0 Å². The van der Waals surface area contributed by atoms with E-state index >= 15 is 0 Å². The van der Waals surface area contributed by atoms with Crippen LogP contribution in [0.2, 0.25) is 0 Å². The van der Waals surface area contributed by atoms with Gasteiger partial charge in [-0.2, -0.15) is 0 Å². The van der Waals surface area contributed by atoms with Crippen molar-refractivity contribution in [2.75, 3.05) is 13.1 Å². The van der Waals surface area contributed by atoms with Crippen molar-refractivity contribution >= 4 is 11.8 Å². The summed E-state index contributed by atoms with van der Waals surface area (Å²) >= 11 is 0. The van der Waals surface area contributed by atoms with Crippen molar-refractivity contribution in [3.8, 4) is 0 Å². The largest absolute Gasteiger partial charge is 0.390 e. The maximum absolute atomic E-state index is 12.1. The summed E-state index contributed by atoms with van der Waals surface area (Å²) in [4.78, 5) is 25.6. The smallest absolute Gasteiger partial charge is 0.244 e. The Morgan fingerprint density at radius 3 is 2.05 bits per heavy atom. The van der Waals surface area contributed by atoms with Gasteiger partial charge in [-0.05, 0) is 20.8 Å². The molecule has 5 nitrogen and oxygen atoms in total. The van der Waals surface area contributed by atoms with Crippen LogP contribution in [-0.4, -0.2) is 46.6 Å². The molecule has 110 valence electrons. The summed E-state index contributed by atoms with van der Waals surface area (Å²) in [6.45, 7) is 11.8. The van der Waals surface area contributed by atoms with E-state index in [1.54, 1.807) is 25.7 Å². The molecule has 0 saturated carbocycles. The number of amides is 2. The predicted molar refractivity (Wildman–Crippen MR) is 73.4 cm³/mol. The fourth-order valence-electron chi connectivity index (χ4n) is 1.85. The lowest BCUT2D eigenvalue weighted by Gasteiger charge is -2.46. The van der Waals surface area contributed by atoms with E-state index in [4.69, 9.17) is 0 Å². The first-order chi connectivity index (χ1) is 8.43. The molecule has 1 atom stereocenters. The monoisotopic (exact) mass is 270 g/mol. The van der Waals surface area contributed by atoms with Crippen molar-refractivity contribution in [2.24, 2.45) is 11.3 Å². The molecule has 0 aromatic rings. The zero-order valence-electron chi connectivity index (χ0n) is 12.8. The van der Waals surface area contributed by atoms with Gasteiger partial charge < -0.3 is 15.3 Å². The van der Waals surface area contributed by atoms with Crippen LogP contribution in [0, 0.1) is 11.3 Å². The first kappa shape index (κ1) is 16.0. The summed E-state index contributed by atoms with van der Waals surface area (Å²) in [5, 5.41) is 12.5. The molecule has 2 N–H and O–H groups in total. The number of likely N-dealkylation sites (tertiary alicyclic amines) is 1. The fourth-order valence-corrected chi connectivity index (χ4v) is 1.85. The zero-order valence-corrected chi connectivity index (χ0v) is 12.8. The van der Waals surface area contributed by atoms with Crippen LogP contribution >= 0.6 is 0 Å². The zero-order chi connectivity index (χ0) is 15.0. The second-order valence-electron chi connectivity index (χ2n) is 7.04. The Morgan fingerprint density at radius 1 is 1.21 bits per heavy atom. The third-order valence-corrected chi connectivity index (χ3v) is 3.59. The average molecular weight is 270 g/mol. The number of hydrogen-bond donors (Lipinski definition) is 2. The van der Waals surface area contributed by atoms with Crippen LogP contribution < -0.4 is 5.32 Å². The summed E-state index contributed by atoms with van der Waals surface area (Å²) in [6, 6.07) is -0.519. The van der Waals surface area contributed by atoms with Crippen LogP contribution in [0.25, 0.3) is 0 Å². The number of hydrogen-bond acceptors (Lipinski definition) is 3. The lowest BCUT2D eigenvalue weighted by atomic mass is 9.84. The van der Waals surface area contributed by atoms with Gasteiger partial charge in [-0.25, -0.2) is 0 Å². The van der Waals surface area contributed by atoms with Crippen LogP contribution in [0.3, 0.4) is 0 Å². The number of nitrogens with one attached hydrogen (secondary N) is 1. The van der Waals surface area contributed by atoms with E-state index in [1.165, 1.54) is 0 Å². The average Bonchev–Trinajstić information content (AvgIpc) is 2.10. The standard InChI is InChI=1S/C14H26N2O3/c1-9(15-12(18)13(2,3)4)11(17)16-7-10(8-16)14(5,6)19/h9-10,19H,7-8H2,1-6H3,(H,15,18). The Morgan fingerprint density at radius 2 is 1.68 bits per heavy atom. The van der Waals surface area contributed by atoms with Crippen LogP contribution in [0.15, 0.2) is 0 Å². The van der Waals surface area contributed by atoms with Gasteiger partial charge in [0.15, 0.2) is 0 Å². The van der Waals surface area contributed by atoms with Crippen molar-refractivity contribution in [3.05, 3.63) is 0 Å². The molecule has 1 unspecified atom stereocenters. The molecule has 0 bridgehead atoms. The minimum Gasteiger partial charge on any atom is -0.390 e. The van der Waals surface area contributed by atoms with Crippen molar-refractivity contribution in [2.45, 2.75) is 53.2 Å². The van der Waals surface area contributed by atoms with Crippen molar-refractivity contribution in [1.82, 2.24) is 10.2 Å². The Kier molecular flexibility index (Phi) is 4.30. The predicted octanol–water partition coefficient (Wildman–Crippen LogP) is 0.766. The van der Waals surface area contributed by atoms with Gasteiger partial charge in [0.05, 0.1) is 5.60 Å². The lowest BCUT2D eigenvalue weighted by Crippen LogP contribution is -2.61. The van der Waals surface area contributed by atoms with Gasteiger partial charge in [-0.3, -0.25) is 9.59 Å². The van der Waals surface area contributed by atoms with Crippen molar-refractivity contribution < 1.29 is 14.7 Å². The van der Waals surface area contributed by atoms with E-state index in [1.807, 2.05) is 20.8 Å². The summed E-state index contributed by atoms with van der Waals surface area (Å²) in [5.74, 6) is -0.104. The molecule has 5 heteroatoms. The van der Waals surface area contributed by atoms with E-state index in [2.05, 4.69) is 5.32 Å². The number of nitrogens with zero attached hydrogens (tertiary/aromatic N) is 1. The lowest BCUT2D eigenvalue weighted by molar-refractivity contribution is -0.148. The summed E-state index contributed by atoms with van der Waals surface area (Å²) in [5.41, 5.74) is -1.26. The van der Waals surface area contributed by atoms with Crippen LogP contribution in [0.4, 0.5) is 0 Å². The van der Waals surface area contributed by atoms with Crippen LogP contribution in [0.5, 0.6) is 0 Å². The molecule has 1 saturated heterocycles. The van der Waals surface area contributed by atoms with E-state index in [-0.39, 0.29) is 17.7 Å². The summed E-state index contributed by atoms with van der Waals surface area (Å²) < 4.78 is 0. The quantitative estimate of drug-likeness (QED) is 0.795. The summed E-state index contributed by atoms with van der Waals surface area (Å²) in [7, 11) is 0. The Labute approximate surface area is 115 Å². The molecule has 1 aliphatic heterocycles. The van der Waals surface area contributed by atoms with E-state index in [9.17, 15) is 14.7 Å². The number of carbonyl (C=O) groups is 2. The van der Waals surface area contributed by atoms with E-state index < -0.39 is 17.1 Å². The number of aliphatic hydroxyl groups is 1. The molecule has 0 aliphatic carbocycles. The second-order valence-corrected chi connectivity index (χ2v) is 7.04. The Balaban J connectivity index is 2.46. The highest BCUT2D eigenvalue weighted by Gasteiger charge is 2.41. The summed E-state index contributed by atoms with van der Waals surface area (Å²) in [6.07, 6.45) is 0. The molecule has 1 aliphatic rings. The van der Waals surface area contributed by atoms with Crippen molar-refractivity contribution in [1.29, 1.82) is 0 Å². The maximum atomic E-state index is 12.1. The maximum Gasteiger partial charge on any atom is 0.244 e. The third kappa shape index (κ3) is 3.93. The van der Waals surface area contributed by atoms with Gasteiger partial charge in [0.2, 0.25) is 11.8 Å². The molecule has 2 amide bonds. The number of carbonyl (C=O) groups excluding carboxylic acids is 2. The van der Waals surface area contributed by atoms with Crippen molar-refractivity contribution in [3.63, 3.8) is 0 Å². The molecule has 0 aromatic heterocycles. The Hall–Kier alpha value is -1.10. The van der Waals surface area contributed by atoms with Gasteiger partial charge in [-0.1, -0.05) is 20.8 Å². The van der Waals surface area contributed by atoms with Gasteiger partial charge in [0, 0.05) is 24.4 Å². The van der Waals surface area contributed by atoms with Gasteiger partial charge in [0.1, 0.15) is 6.04 Å². The Bertz CT molecular complexity index is 360. The SMILES string of the molecule is CC(NC(=O)C(C)(C)C)C(=O)N1CC(C(C)(C)O)C1. The van der Waals surface area contributed by atoms with E-state index in [0.29, 0.717) is 13.1 Å². The molecule has 1 rings (SSSR count). The molecule has 0 radical (unpaired) electrons. The second kappa shape index (κ2) is 5.12. The molecule has 1 fully saturated rings. The highest BCUT2D eigenvalue weighted by molar-refractivity contribution is 5.89. The molecule has 1 heterocycles.